The Kier molecular flexibility index (Phi) is 8.36. The van der Waals surface area contributed by atoms with Crippen LogP contribution in [-0.2, 0) is 4.74 Å². The molecule has 7 nitrogen and oxygen atoms in total. The molecule has 0 aliphatic carbocycles. The molecule has 0 bridgehead atoms. The van der Waals surface area contributed by atoms with Crippen LogP contribution in [0.5, 0.6) is 5.75 Å². The van der Waals surface area contributed by atoms with Crippen LogP contribution >= 0.6 is 23.2 Å². The second-order valence-electron chi connectivity index (χ2n) is 7.38. The van der Waals surface area contributed by atoms with E-state index in [1.165, 1.54) is 0 Å². The van der Waals surface area contributed by atoms with Crippen molar-refractivity contribution in [3.8, 4) is 5.75 Å². The minimum Gasteiger partial charge on any atom is -0.434 e. The normalized spacial score (nSPS) is 14.0. The second kappa shape index (κ2) is 11.2. The van der Waals surface area contributed by atoms with E-state index in [2.05, 4.69) is 5.32 Å². The van der Waals surface area contributed by atoms with Gasteiger partial charge in [-0.3, -0.25) is 9.59 Å². The lowest BCUT2D eigenvalue weighted by molar-refractivity contribution is 0.0684. The number of amides is 2. The third-order valence-corrected chi connectivity index (χ3v) is 5.94. The third kappa shape index (κ3) is 6.37. The minimum absolute atomic E-state index is 0.0778. The first-order chi connectivity index (χ1) is 15.4. The Hall–Kier alpha value is -2.77. The van der Waals surface area contributed by atoms with Crippen molar-refractivity contribution in [1.82, 2.24) is 10.2 Å². The van der Waals surface area contributed by atoms with Gasteiger partial charge in [-0.25, -0.2) is 4.79 Å². The molecule has 170 valence electrons. The molecule has 0 unspecified atom stereocenters. The number of piperidine rings is 1. The van der Waals surface area contributed by atoms with Crippen molar-refractivity contribution in [2.75, 3.05) is 26.2 Å². The molecule has 1 N–H and O–H groups in total. The highest BCUT2D eigenvalue weighted by molar-refractivity contribution is 6.42. The van der Waals surface area contributed by atoms with Gasteiger partial charge < -0.3 is 19.7 Å². The van der Waals surface area contributed by atoms with Crippen LogP contribution in [0.1, 0.15) is 40.5 Å². The zero-order chi connectivity index (χ0) is 23.1. The van der Waals surface area contributed by atoms with E-state index < -0.39 is 6.16 Å². The van der Waals surface area contributed by atoms with E-state index in [0.29, 0.717) is 46.6 Å². The lowest BCUT2D eigenvalue weighted by Gasteiger charge is -2.32. The third-order valence-electron chi connectivity index (χ3n) is 5.20. The molecule has 0 spiro atoms. The van der Waals surface area contributed by atoms with Gasteiger partial charge in [-0.05, 0) is 68.1 Å². The van der Waals surface area contributed by atoms with Gasteiger partial charge >= 0.3 is 6.16 Å². The first kappa shape index (κ1) is 23.9. The van der Waals surface area contributed by atoms with Gasteiger partial charge in [0.05, 0.1) is 16.7 Å². The Bertz CT molecular complexity index is 973. The first-order valence-electron chi connectivity index (χ1n) is 10.3. The van der Waals surface area contributed by atoms with E-state index in [9.17, 15) is 14.4 Å². The minimum atomic E-state index is -0.778. The van der Waals surface area contributed by atoms with E-state index >= 15 is 0 Å². The first-order valence-corrected chi connectivity index (χ1v) is 11.1. The molecule has 0 aromatic heterocycles. The van der Waals surface area contributed by atoms with Gasteiger partial charge in [-0.2, -0.15) is 0 Å². The van der Waals surface area contributed by atoms with Crippen molar-refractivity contribution < 1.29 is 23.9 Å². The molecular formula is C23H24Cl2N2O5. The van der Waals surface area contributed by atoms with Crippen LogP contribution in [0.3, 0.4) is 0 Å². The van der Waals surface area contributed by atoms with E-state index in [0.717, 1.165) is 12.8 Å². The number of carbonyl (C=O) groups excluding carboxylic acids is 3. The average molecular weight is 479 g/mol. The number of ether oxygens (including phenoxy) is 2. The number of hydrogen-bond acceptors (Lipinski definition) is 5. The maximum Gasteiger partial charge on any atom is 0.513 e. The molecule has 1 aliphatic heterocycles. The summed E-state index contributed by atoms with van der Waals surface area (Å²) >= 11 is 11.9. The molecule has 0 radical (unpaired) electrons. The number of rotatable bonds is 6. The molecule has 1 saturated heterocycles. The van der Waals surface area contributed by atoms with Gasteiger partial charge in [0.2, 0.25) is 0 Å². The van der Waals surface area contributed by atoms with Crippen LogP contribution in [0.2, 0.25) is 10.0 Å². The Morgan fingerprint density at radius 3 is 2.28 bits per heavy atom. The van der Waals surface area contributed by atoms with Gasteiger partial charge in [0.15, 0.2) is 0 Å². The number of carbonyl (C=O) groups is 3. The van der Waals surface area contributed by atoms with E-state index in [4.69, 9.17) is 32.7 Å². The highest BCUT2D eigenvalue weighted by Crippen LogP contribution is 2.23. The van der Waals surface area contributed by atoms with Gasteiger partial charge in [0.1, 0.15) is 5.75 Å². The monoisotopic (exact) mass is 478 g/mol. The highest BCUT2D eigenvalue weighted by Gasteiger charge is 2.24. The summed E-state index contributed by atoms with van der Waals surface area (Å²) in [7, 11) is 0. The number of hydrogen-bond donors (Lipinski definition) is 1. The van der Waals surface area contributed by atoms with Crippen molar-refractivity contribution >= 4 is 41.2 Å². The maximum absolute atomic E-state index is 12.8. The second-order valence-corrected chi connectivity index (χ2v) is 8.20. The quantitative estimate of drug-likeness (QED) is 0.475. The summed E-state index contributed by atoms with van der Waals surface area (Å²) in [5, 5.41) is 3.67. The van der Waals surface area contributed by atoms with Crippen LogP contribution in [-0.4, -0.2) is 49.1 Å². The summed E-state index contributed by atoms with van der Waals surface area (Å²) in [4.78, 5) is 38.2. The van der Waals surface area contributed by atoms with Crippen molar-refractivity contribution in [3.63, 3.8) is 0 Å². The smallest absolute Gasteiger partial charge is 0.434 e. The van der Waals surface area contributed by atoms with Gasteiger partial charge in [0, 0.05) is 30.8 Å². The molecule has 32 heavy (non-hydrogen) atoms. The summed E-state index contributed by atoms with van der Waals surface area (Å²) < 4.78 is 9.73. The van der Waals surface area contributed by atoms with E-state index in [1.807, 2.05) is 0 Å². The Balaban J connectivity index is 1.45. The zero-order valence-electron chi connectivity index (χ0n) is 17.6. The van der Waals surface area contributed by atoms with E-state index in [1.54, 1.807) is 54.3 Å². The fourth-order valence-electron chi connectivity index (χ4n) is 3.41. The lowest BCUT2D eigenvalue weighted by Crippen LogP contribution is -2.41. The van der Waals surface area contributed by atoms with Crippen LogP contribution in [0, 0.1) is 5.92 Å². The molecule has 1 heterocycles. The van der Waals surface area contributed by atoms with Crippen LogP contribution in [0.25, 0.3) is 0 Å². The summed E-state index contributed by atoms with van der Waals surface area (Å²) in [6, 6.07) is 11.2. The Labute approximate surface area is 196 Å². The van der Waals surface area contributed by atoms with Crippen molar-refractivity contribution in [2.45, 2.75) is 19.8 Å². The highest BCUT2D eigenvalue weighted by atomic mass is 35.5. The largest absolute Gasteiger partial charge is 0.513 e. The molecule has 0 saturated carbocycles. The number of nitrogens with one attached hydrogen (secondary N) is 1. The fourth-order valence-corrected chi connectivity index (χ4v) is 3.71. The zero-order valence-corrected chi connectivity index (χ0v) is 19.1. The van der Waals surface area contributed by atoms with Crippen molar-refractivity contribution in [1.29, 1.82) is 0 Å². The molecule has 3 rings (SSSR count). The molecule has 1 aliphatic rings. The van der Waals surface area contributed by atoms with Crippen molar-refractivity contribution in [3.05, 3.63) is 63.6 Å². The number of benzene rings is 2. The van der Waals surface area contributed by atoms with Crippen LogP contribution in [0.15, 0.2) is 42.5 Å². The fraction of sp³-hybridized carbons (Fsp3) is 0.348. The molecule has 2 aromatic carbocycles. The Morgan fingerprint density at radius 2 is 1.66 bits per heavy atom. The molecule has 1 fully saturated rings. The maximum atomic E-state index is 12.8. The Morgan fingerprint density at radius 1 is 1.00 bits per heavy atom. The number of nitrogens with zero attached hydrogens (tertiary/aromatic N) is 1. The van der Waals surface area contributed by atoms with Gasteiger partial charge in [-0.15, -0.1) is 0 Å². The predicted octanol–water partition coefficient (Wildman–Crippen LogP) is 4.81. The predicted molar refractivity (Wildman–Crippen MR) is 122 cm³/mol. The summed E-state index contributed by atoms with van der Waals surface area (Å²) in [5.74, 6) is 0.320. The number of halogens is 2. The topological polar surface area (TPSA) is 84.9 Å². The summed E-state index contributed by atoms with van der Waals surface area (Å²) in [6.45, 7) is 3.65. The number of likely N-dealkylation sites (tertiary alicyclic amines) is 1. The molecule has 9 heteroatoms. The standard InChI is InChI=1S/C23H24Cl2N2O5/c1-2-31-23(30)32-18-6-3-16(4-7-18)22(29)27-11-9-15(10-12-27)14-26-21(28)17-5-8-19(24)20(25)13-17/h3-8,13,15H,2,9-12,14H2,1H3,(H,26,28). The lowest BCUT2D eigenvalue weighted by atomic mass is 9.96. The van der Waals surface area contributed by atoms with Crippen LogP contribution < -0.4 is 10.1 Å². The molecule has 2 amide bonds. The summed E-state index contributed by atoms with van der Waals surface area (Å²) in [6.07, 6.45) is 0.800. The average Bonchev–Trinajstić information content (AvgIpc) is 2.80. The van der Waals surface area contributed by atoms with Gasteiger partial charge in [-0.1, -0.05) is 23.2 Å². The van der Waals surface area contributed by atoms with Crippen molar-refractivity contribution in [2.24, 2.45) is 5.92 Å². The molecule has 2 aromatic rings. The molecule has 0 atom stereocenters. The summed E-state index contributed by atoms with van der Waals surface area (Å²) in [5.41, 5.74) is 0.981. The van der Waals surface area contributed by atoms with Gasteiger partial charge in [0.25, 0.3) is 11.8 Å². The van der Waals surface area contributed by atoms with Crippen LogP contribution in [0.4, 0.5) is 4.79 Å². The molecular weight excluding hydrogens is 455 g/mol. The SMILES string of the molecule is CCOC(=O)Oc1ccc(C(=O)N2CCC(CNC(=O)c3ccc(Cl)c(Cl)c3)CC2)cc1. The van der Waals surface area contributed by atoms with E-state index in [-0.39, 0.29) is 24.3 Å².